The van der Waals surface area contributed by atoms with Crippen molar-refractivity contribution >= 4 is 0 Å². The molecule has 1 saturated heterocycles. The summed E-state index contributed by atoms with van der Waals surface area (Å²) in [6, 6.07) is 1.27. The van der Waals surface area contributed by atoms with Gasteiger partial charge in [0.1, 0.15) is 0 Å². The van der Waals surface area contributed by atoms with Gasteiger partial charge in [-0.3, -0.25) is 0 Å². The Morgan fingerprint density at radius 2 is 2.00 bits per heavy atom. The number of hydrogen-bond donors (Lipinski definition) is 1. The highest BCUT2D eigenvalue weighted by Crippen LogP contribution is 2.17. The number of nitrogens with one attached hydrogen (secondary N) is 1. The summed E-state index contributed by atoms with van der Waals surface area (Å²) in [6.45, 7) is 7.47. The van der Waals surface area contributed by atoms with Crippen LogP contribution in [0.1, 0.15) is 26.7 Å². The topological polar surface area (TPSA) is 24.5 Å². The molecule has 0 aromatic rings. The van der Waals surface area contributed by atoms with Crippen molar-refractivity contribution in [3.05, 3.63) is 0 Å². The van der Waals surface area contributed by atoms with Crippen molar-refractivity contribution < 1.29 is 4.74 Å². The smallest absolute Gasteiger partial charge is 0.0623 e. The summed E-state index contributed by atoms with van der Waals surface area (Å²) in [5.74, 6) is 0.653. The second kappa shape index (κ2) is 6.46. The van der Waals surface area contributed by atoms with E-state index in [4.69, 9.17) is 4.74 Å². The average Bonchev–Trinajstić information content (AvgIpc) is 2.67. The minimum absolute atomic E-state index is 0.543. The van der Waals surface area contributed by atoms with E-state index in [0.717, 1.165) is 25.8 Å². The Morgan fingerprint density at radius 3 is 2.53 bits per heavy atom. The lowest BCUT2D eigenvalue weighted by Gasteiger charge is -2.30. The fourth-order valence-corrected chi connectivity index (χ4v) is 2.53. The summed E-state index contributed by atoms with van der Waals surface area (Å²) >= 11 is 0. The number of ether oxygens (including phenoxy) is 1. The van der Waals surface area contributed by atoms with Crippen molar-refractivity contribution in [2.45, 2.75) is 38.8 Å². The standard InChI is InChI=1S/C12H26N2O/c1-5-11(6-2)14(4)7-10-8-15-9-12(10)13-3/h10-13H,5-9H2,1-4H3. The molecule has 0 aromatic heterocycles. The molecule has 3 heteroatoms. The Labute approximate surface area is 94.2 Å². The van der Waals surface area contributed by atoms with Crippen LogP contribution in [0.25, 0.3) is 0 Å². The maximum absolute atomic E-state index is 5.52. The van der Waals surface area contributed by atoms with Gasteiger partial charge in [-0.2, -0.15) is 0 Å². The Kier molecular flexibility index (Phi) is 5.58. The van der Waals surface area contributed by atoms with Crippen molar-refractivity contribution in [2.24, 2.45) is 5.92 Å². The highest BCUT2D eigenvalue weighted by molar-refractivity contribution is 4.83. The third-order valence-corrected chi connectivity index (χ3v) is 3.66. The molecular weight excluding hydrogens is 188 g/mol. The first-order valence-electron chi connectivity index (χ1n) is 6.18. The maximum atomic E-state index is 5.52. The van der Waals surface area contributed by atoms with Crippen LogP contribution in [0, 0.1) is 5.92 Å². The molecule has 1 heterocycles. The van der Waals surface area contributed by atoms with E-state index in [1.165, 1.54) is 12.8 Å². The molecule has 0 radical (unpaired) electrons. The number of hydrogen-bond acceptors (Lipinski definition) is 3. The first kappa shape index (κ1) is 12.9. The molecule has 0 saturated carbocycles. The van der Waals surface area contributed by atoms with Crippen LogP contribution in [0.2, 0.25) is 0 Å². The van der Waals surface area contributed by atoms with E-state index in [1.54, 1.807) is 0 Å². The molecule has 0 aliphatic carbocycles. The lowest BCUT2D eigenvalue weighted by atomic mass is 10.0. The quantitative estimate of drug-likeness (QED) is 0.722. The monoisotopic (exact) mass is 214 g/mol. The normalized spacial score (nSPS) is 26.8. The van der Waals surface area contributed by atoms with Crippen LogP contribution in [0.15, 0.2) is 0 Å². The maximum Gasteiger partial charge on any atom is 0.0623 e. The molecule has 3 nitrogen and oxygen atoms in total. The van der Waals surface area contributed by atoms with Gasteiger partial charge in [-0.15, -0.1) is 0 Å². The van der Waals surface area contributed by atoms with Gasteiger partial charge >= 0.3 is 0 Å². The first-order chi connectivity index (χ1) is 7.22. The zero-order valence-electron chi connectivity index (χ0n) is 10.6. The van der Waals surface area contributed by atoms with Crippen LogP contribution in [0.3, 0.4) is 0 Å². The lowest BCUT2D eigenvalue weighted by molar-refractivity contribution is 0.157. The van der Waals surface area contributed by atoms with Gasteiger partial charge in [0.15, 0.2) is 0 Å². The van der Waals surface area contributed by atoms with E-state index in [1.807, 2.05) is 7.05 Å². The van der Waals surface area contributed by atoms with Gasteiger partial charge in [-0.05, 0) is 26.9 Å². The molecule has 90 valence electrons. The minimum Gasteiger partial charge on any atom is -0.379 e. The van der Waals surface area contributed by atoms with Crippen LogP contribution < -0.4 is 5.32 Å². The third-order valence-electron chi connectivity index (χ3n) is 3.66. The highest BCUT2D eigenvalue weighted by atomic mass is 16.5. The van der Waals surface area contributed by atoms with Gasteiger partial charge in [0.05, 0.1) is 13.2 Å². The SMILES string of the molecule is CCC(CC)N(C)CC1COCC1NC. The Morgan fingerprint density at radius 1 is 1.33 bits per heavy atom. The van der Waals surface area contributed by atoms with E-state index < -0.39 is 0 Å². The van der Waals surface area contributed by atoms with Gasteiger partial charge in [-0.1, -0.05) is 13.8 Å². The summed E-state index contributed by atoms with van der Waals surface area (Å²) in [5, 5.41) is 3.34. The summed E-state index contributed by atoms with van der Waals surface area (Å²) in [7, 11) is 4.27. The van der Waals surface area contributed by atoms with Crippen molar-refractivity contribution in [2.75, 3.05) is 33.9 Å². The van der Waals surface area contributed by atoms with E-state index in [0.29, 0.717) is 12.0 Å². The van der Waals surface area contributed by atoms with Gasteiger partial charge in [0, 0.05) is 24.5 Å². The molecule has 0 amide bonds. The molecule has 15 heavy (non-hydrogen) atoms. The summed E-state index contributed by atoms with van der Waals surface area (Å²) < 4.78 is 5.52. The third kappa shape index (κ3) is 3.44. The average molecular weight is 214 g/mol. The minimum atomic E-state index is 0.543. The van der Waals surface area contributed by atoms with Crippen LogP contribution in [-0.2, 0) is 4.74 Å². The molecule has 0 bridgehead atoms. The first-order valence-corrected chi connectivity index (χ1v) is 6.18. The fourth-order valence-electron chi connectivity index (χ4n) is 2.53. The number of nitrogens with zero attached hydrogens (tertiary/aromatic N) is 1. The van der Waals surface area contributed by atoms with E-state index in [-0.39, 0.29) is 0 Å². The Hall–Kier alpha value is -0.120. The molecule has 2 unspecified atom stereocenters. The number of likely N-dealkylation sites (N-methyl/N-ethyl adjacent to an activating group) is 1. The fraction of sp³-hybridized carbons (Fsp3) is 1.00. The summed E-state index contributed by atoms with van der Waals surface area (Å²) in [5.41, 5.74) is 0. The molecule has 1 rings (SSSR count). The second-order valence-corrected chi connectivity index (χ2v) is 4.60. The molecular formula is C12H26N2O. The molecule has 1 aliphatic heterocycles. The van der Waals surface area contributed by atoms with Crippen molar-refractivity contribution in [1.82, 2.24) is 10.2 Å². The van der Waals surface area contributed by atoms with Gasteiger partial charge in [-0.25, -0.2) is 0 Å². The molecule has 0 aromatic carbocycles. The van der Waals surface area contributed by atoms with Gasteiger partial charge < -0.3 is 15.0 Å². The van der Waals surface area contributed by atoms with Gasteiger partial charge in [0.2, 0.25) is 0 Å². The summed E-state index contributed by atoms with van der Waals surface area (Å²) in [4.78, 5) is 2.49. The highest BCUT2D eigenvalue weighted by Gasteiger charge is 2.28. The number of rotatable bonds is 6. The predicted octanol–water partition coefficient (Wildman–Crippen LogP) is 1.34. The lowest BCUT2D eigenvalue weighted by Crippen LogP contribution is -2.42. The molecule has 2 atom stereocenters. The molecule has 1 aliphatic rings. The van der Waals surface area contributed by atoms with Crippen molar-refractivity contribution in [3.8, 4) is 0 Å². The van der Waals surface area contributed by atoms with Gasteiger partial charge in [0.25, 0.3) is 0 Å². The second-order valence-electron chi connectivity index (χ2n) is 4.60. The van der Waals surface area contributed by atoms with Crippen LogP contribution >= 0.6 is 0 Å². The zero-order chi connectivity index (χ0) is 11.3. The molecule has 1 N–H and O–H groups in total. The van der Waals surface area contributed by atoms with Crippen molar-refractivity contribution in [3.63, 3.8) is 0 Å². The van der Waals surface area contributed by atoms with E-state index in [2.05, 4.69) is 31.1 Å². The molecule has 0 spiro atoms. The Balaban J connectivity index is 2.39. The molecule has 1 fully saturated rings. The largest absolute Gasteiger partial charge is 0.379 e. The van der Waals surface area contributed by atoms with Crippen LogP contribution in [0.5, 0.6) is 0 Å². The summed E-state index contributed by atoms with van der Waals surface area (Å²) in [6.07, 6.45) is 2.48. The van der Waals surface area contributed by atoms with Crippen LogP contribution in [0.4, 0.5) is 0 Å². The van der Waals surface area contributed by atoms with Crippen LogP contribution in [-0.4, -0.2) is 50.8 Å². The Bertz CT molecular complexity index is 171. The van der Waals surface area contributed by atoms with Crippen molar-refractivity contribution in [1.29, 1.82) is 0 Å². The van der Waals surface area contributed by atoms with E-state index >= 15 is 0 Å². The zero-order valence-corrected chi connectivity index (χ0v) is 10.6. The predicted molar refractivity (Wildman–Crippen MR) is 64.2 cm³/mol. The van der Waals surface area contributed by atoms with E-state index in [9.17, 15) is 0 Å².